The molecule has 0 radical (unpaired) electrons. The highest BCUT2D eigenvalue weighted by Crippen LogP contribution is 2.34. The smallest absolute Gasteiger partial charge is 0.161 e. The fraction of sp³-hybridized carbons (Fsp3) is 0.235. The maximum Gasteiger partial charge on any atom is 0.161 e. The zero-order chi connectivity index (χ0) is 15.5. The van der Waals surface area contributed by atoms with E-state index < -0.39 is 0 Å². The van der Waals surface area contributed by atoms with Crippen molar-refractivity contribution in [3.63, 3.8) is 0 Å². The summed E-state index contributed by atoms with van der Waals surface area (Å²) in [5.41, 5.74) is 1.87. The number of benzene rings is 2. The highest BCUT2D eigenvalue weighted by Gasteiger charge is 2.17. The van der Waals surface area contributed by atoms with Crippen LogP contribution in [-0.2, 0) is 6.42 Å². The predicted octanol–water partition coefficient (Wildman–Crippen LogP) is 4.61. The Kier molecular flexibility index (Phi) is 4.42. The van der Waals surface area contributed by atoms with Crippen LogP contribution in [0.4, 0.5) is 0 Å². The van der Waals surface area contributed by atoms with E-state index in [2.05, 4.69) is 6.07 Å². The minimum Gasteiger partial charge on any atom is -0.486 e. The molecule has 3 nitrogen and oxygen atoms in total. The molecule has 2 aromatic carbocycles. The van der Waals surface area contributed by atoms with Gasteiger partial charge in [0, 0.05) is 0 Å². The van der Waals surface area contributed by atoms with E-state index in [4.69, 9.17) is 32.7 Å². The third-order valence-electron chi connectivity index (χ3n) is 3.55. The number of fused-ring (bicyclic) bond motifs is 1. The molecule has 0 saturated carbocycles. The molecule has 0 N–H and O–H groups in total. The van der Waals surface area contributed by atoms with E-state index in [9.17, 15) is 5.26 Å². The van der Waals surface area contributed by atoms with Crippen LogP contribution in [0.2, 0.25) is 10.0 Å². The normalized spacial score (nSPS) is 14.2. The highest BCUT2D eigenvalue weighted by molar-refractivity contribution is 6.42. The van der Waals surface area contributed by atoms with Gasteiger partial charge in [-0.2, -0.15) is 5.26 Å². The molecule has 1 heterocycles. The molecule has 3 rings (SSSR count). The molecule has 0 aromatic heterocycles. The number of halogens is 2. The van der Waals surface area contributed by atoms with Crippen LogP contribution in [-0.4, -0.2) is 13.2 Å². The van der Waals surface area contributed by atoms with Gasteiger partial charge in [-0.15, -0.1) is 0 Å². The van der Waals surface area contributed by atoms with Crippen molar-refractivity contribution in [2.24, 2.45) is 0 Å². The summed E-state index contributed by atoms with van der Waals surface area (Å²) in [5, 5.41) is 10.5. The first-order chi connectivity index (χ1) is 10.7. The molecular formula is C17H13Cl2NO2. The van der Waals surface area contributed by atoms with Crippen molar-refractivity contribution in [2.45, 2.75) is 12.3 Å². The summed E-state index contributed by atoms with van der Waals surface area (Å²) < 4.78 is 11.1. The van der Waals surface area contributed by atoms with E-state index in [1.165, 1.54) is 0 Å². The molecule has 22 heavy (non-hydrogen) atoms. The zero-order valence-corrected chi connectivity index (χ0v) is 13.2. The van der Waals surface area contributed by atoms with Gasteiger partial charge in [-0.3, -0.25) is 0 Å². The van der Waals surface area contributed by atoms with Crippen LogP contribution in [0, 0.1) is 11.3 Å². The molecule has 0 aliphatic carbocycles. The van der Waals surface area contributed by atoms with E-state index >= 15 is 0 Å². The lowest BCUT2D eigenvalue weighted by Gasteiger charge is -2.20. The van der Waals surface area contributed by atoms with E-state index in [1.54, 1.807) is 12.1 Å². The number of rotatable bonds is 3. The largest absolute Gasteiger partial charge is 0.486 e. The van der Waals surface area contributed by atoms with Gasteiger partial charge >= 0.3 is 0 Å². The summed E-state index contributed by atoms with van der Waals surface area (Å²) in [4.78, 5) is 0. The highest BCUT2D eigenvalue weighted by atomic mass is 35.5. The maximum absolute atomic E-state index is 9.49. The van der Waals surface area contributed by atoms with Gasteiger partial charge in [0.2, 0.25) is 0 Å². The monoisotopic (exact) mass is 333 g/mol. The van der Waals surface area contributed by atoms with Gasteiger partial charge in [0.05, 0.1) is 22.0 Å². The Morgan fingerprint density at radius 1 is 1.00 bits per heavy atom. The molecule has 1 atom stereocenters. The molecule has 1 aliphatic rings. The Bertz CT molecular complexity index is 740. The number of ether oxygens (including phenoxy) is 2. The van der Waals surface area contributed by atoms with Gasteiger partial charge in [0.1, 0.15) is 13.2 Å². The first-order valence-corrected chi connectivity index (χ1v) is 7.66. The molecule has 0 bridgehead atoms. The third kappa shape index (κ3) is 3.14. The fourth-order valence-electron chi connectivity index (χ4n) is 2.42. The Morgan fingerprint density at radius 3 is 2.50 bits per heavy atom. The first kappa shape index (κ1) is 15.0. The van der Waals surface area contributed by atoms with Gasteiger partial charge in [-0.1, -0.05) is 35.3 Å². The van der Waals surface area contributed by atoms with Crippen molar-refractivity contribution in [1.82, 2.24) is 0 Å². The van der Waals surface area contributed by atoms with Crippen LogP contribution in [0.1, 0.15) is 17.0 Å². The maximum atomic E-state index is 9.49. The standard InChI is InChI=1S/C17H13Cl2NO2/c18-14-3-1-11(8-15(14)19)7-13(10-20)12-2-4-16-17(9-12)22-6-5-21-16/h1-4,8-9,13H,5-7H2. The van der Waals surface area contributed by atoms with Gasteiger partial charge in [0.25, 0.3) is 0 Å². The summed E-state index contributed by atoms with van der Waals surface area (Å²) in [5.74, 6) is 1.13. The van der Waals surface area contributed by atoms with E-state index in [0.29, 0.717) is 35.4 Å². The second kappa shape index (κ2) is 6.48. The van der Waals surface area contributed by atoms with Crippen LogP contribution in [0.25, 0.3) is 0 Å². The third-order valence-corrected chi connectivity index (χ3v) is 4.29. The lowest BCUT2D eigenvalue weighted by atomic mass is 9.93. The molecule has 1 aliphatic heterocycles. The van der Waals surface area contributed by atoms with Crippen molar-refractivity contribution < 1.29 is 9.47 Å². The molecular weight excluding hydrogens is 321 g/mol. The average molecular weight is 334 g/mol. The zero-order valence-electron chi connectivity index (χ0n) is 11.7. The molecule has 2 aromatic rings. The number of hydrogen-bond donors (Lipinski definition) is 0. The summed E-state index contributed by atoms with van der Waals surface area (Å²) >= 11 is 12.0. The van der Waals surface area contributed by atoms with Crippen molar-refractivity contribution in [1.29, 1.82) is 5.26 Å². The number of hydrogen-bond acceptors (Lipinski definition) is 3. The second-order valence-corrected chi connectivity index (χ2v) is 5.85. The second-order valence-electron chi connectivity index (χ2n) is 5.04. The lowest BCUT2D eigenvalue weighted by Crippen LogP contribution is -2.15. The Hall–Kier alpha value is -1.89. The minimum atomic E-state index is -0.284. The summed E-state index contributed by atoms with van der Waals surface area (Å²) in [6.45, 7) is 1.08. The van der Waals surface area contributed by atoms with Gasteiger partial charge in [-0.05, 0) is 41.8 Å². The Balaban J connectivity index is 1.85. The molecule has 0 spiro atoms. The summed E-state index contributed by atoms with van der Waals surface area (Å²) in [6, 6.07) is 13.4. The quantitative estimate of drug-likeness (QED) is 0.823. The average Bonchev–Trinajstić information content (AvgIpc) is 2.55. The first-order valence-electron chi connectivity index (χ1n) is 6.90. The molecule has 0 fully saturated rings. The topological polar surface area (TPSA) is 42.2 Å². The number of nitrogens with zero attached hydrogens (tertiary/aromatic N) is 1. The lowest BCUT2D eigenvalue weighted by molar-refractivity contribution is 0.171. The van der Waals surface area contributed by atoms with Crippen LogP contribution < -0.4 is 9.47 Å². The van der Waals surface area contributed by atoms with E-state index in [0.717, 1.165) is 16.9 Å². The molecule has 0 amide bonds. The molecule has 5 heteroatoms. The van der Waals surface area contributed by atoms with Crippen LogP contribution >= 0.6 is 23.2 Å². The van der Waals surface area contributed by atoms with Crippen LogP contribution in [0.3, 0.4) is 0 Å². The summed E-state index contributed by atoms with van der Waals surface area (Å²) in [6.07, 6.45) is 0.563. The Morgan fingerprint density at radius 2 is 1.77 bits per heavy atom. The predicted molar refractivity (Wildman–Crippen MR) is 86.0 cm³/mol. The van der Waals surface area contributed by atoms with Gasteiger partial charge < -0.3 is 9.47 Å². The van der Waals surface area contributed by atoms with Crippen LogP contribution in [0.15, 0.2) is 36.4 Å². The van der Waals surface area contributed by atoms with Crippen LogP contribution in [0.5, 0.6) is 11.5 Å². The molecule has 112 valence electrons. The Labute approximate surface area is 139 Å². The summed E-state index contributed by atoms with van der Waals surface area (Å²) in [7, 11) is 0. The molecule has 1 unspecified atom stereocenters. The number of nitriles is 1. The van der Waals surface area contributed by atoms with Crippen molar-refractivity contribution in [3.8, 4) is 17.6 Å². The molecule has 0 saturated heterocycles. The van der Waals surface area contributed by atoms with Crippen molar-refractivity contribution in [2.75, 3.05) is 13.2 Å². The van der Waals surface area contributed by atoms with Crippen molar-refractivity contribution >= 4 is 23.2 Å². The van der Waals surface area contributed by atoms with Gasteiger partial charge in [0.15, 0.2) is 11.5 Å². The van der Waals surface area contributed by atoms with Crippen molar-refractivity contribution in [3.05, 3.63) is 57.6 Å². The minimum absolute atomic E-state index is 0.284. The van der Waals surface area contributed by atoms with Gasteiger partial charge in [-0.25, -0.2) is 0 Å². The van der Waals surface area contributed by atoms with E-state index in [-0.39, 0.29) is 5.92 Å². The fourth-order valence-corrected chi connectivity index (χ4v) is 2.74. The SMILES string of the molecule is N#CC(Cc1ccc(Cl)c(Cl)c1)c1ccc2c(c1)OCCO2. The van der Waals surface area contributed by atoms with E-state index in [1.807, 2.05) is 24.3 Å².